The fourth-order valence-corrected chi connectivity index (χ4v) is 2.95. The molecule has 1 atom stereocenters. The first-order chi connectivity index (χ1) is 10.3. The highest BCUT2D eigenvalue weighted by Crippen LogP contribution is 2.17. The Morgan fingerprint density at radius 1 is 1.36 bits per heavy atom. The monoisotopic (exact) mass is 325 g/mol. The van der Waals surface area contributed by atoms with Crippen molar-refractivity contribution in [3.63, 3.8) is 0 Å². The maximum atomic E-state index is 12.2. The smallest absolute Gasteiger partial charge is 0.326 e. The second-order valence-corrected chi connectivity index (χ2v) is 6.88. The topological polar surface area (TPSA) is 101 Å². The number of aliphatic carboxylic acids is 1. The Kier molecular flexibility index (Phi) is 6.30. The van der Waals surface area contributed by atoms with E-state index in [-0.39, 0.29) is 22.6 Å². The van der Waals surface area contributed by atoms with Crippen LogP contribution in [0.2, 0.25) is 0 Å². The quantitative estimate of drug-likeness (QED) is 0.708. The fraction of sp³-hybridized carbons (Fsp3) is 0.333. The van der Waals surface area contributed by atoms with Crippen molar-refractivity contribution < 1.29 is 23.1 Å². The summed E-state index contributed by atoms with van der Waals surface area (Å²) in [6, 6.07) is 4.66. The Bertz CT molecular complexity index is 666. The van der Waals surface area contributed by atoms with Gasteiger partial charge in [-0.15, -0.1) is 6.58 Å². The number of nitrogens with one attached hydrogen (secondary N) is 1. The lowest BCUT2D eigenvalue weighted by Gasteiger charge is -2.15. The highest BCUT2D eigenvalue weighted by atomic mass is 32.2. The summed E-state index contributed by atoms with van der Waals surface area (Å²) in [5, 5.41) is 11.5. The van der Waals surface area contributed by atoms with E-state index < -0.39 is 27.8 Å². The molecule has 0 saturated carbocycles. The van der Waals surface area contributed by atoms with E-state index in [9.17, 15) is 18.0 Å². The van der Waals surface area contributed by atoms with Crippen molar-refractivity contribution in [1.29, 1.82) is 0 Å². The summed E-state index contributed by atoms with van der Waals surface area (Å²) < 4.78 is 24.0. The van der Waals surface area contributed by atoms with Crippen molar-refractivity contribution in [3.05, 3.63) is 42.5 Å². The van der Waals surface area contributed by atoms with Crippen LogP contribution in [0.4, 0.5) is 0 Å². The molecule has 1 rings (SSSR count). The molecule has 1 aromatic carbocycles. The van der Waals surface area contributed by atoms with E-state index in [1.165, 1.54) is 31.2 Å². The van der Waals surface area contributed by atoms with E-state index in [0.717, 1.165) is 0 Å². The van der Waals surface area contributed by atoms with Gasteiger partial charge >= 0.3 is 5.97 Å². The number of sulfone groups is 1. The summed E-state index contributed by atoms with van der Waals surface area (Å²) in [7, 11) is -3.57. The minimum absolute atomic E-state index is 0.0470. The van der Waals surface area contributed by atoms with Gasteiger partial charge in [0.25, 0.3) is 5.91 Å². The number of carbonyl (C=O) groups excluding carboxylic acids is 1. The summed E-state index contributed by atoms with van der Waals surface area (Å²) in [4.78, 5) is 23.3. The number of carboxylic acid groups (broad SMARTS) is 1. The van der Waals surface area contributed by atoms with E-state index in [2.05, 4.69) is 11.9 Å². The van der Waals surface area contributed by atoms with Gasteiger partial charge < -0.3 is 10.4 Å². The first-order valence-electron chi connectivity index (χ1n) is 6.79. The third-order valence-corrected chi connectivity index (χ3v) is 4.90. The number of amides is 1. The molecule has 0 aliphatic rings. The first-order valence-corrected chi connectivity index (χ1v) is 8.45. The van der Waals surface area contributed by atoms with Gasteiger partial charge in [-0.1, -0.05) is 25.1 Å². The Morgan fingerprint density at radius 3 is 2.55 bits per heavy atom. The summed E-state index contributed by atoms with van der Waals surface area (Å²) in [6.45, 7) is 4.98. The molecule has 0 bridgehead atoms. The largest absolute Gasteiger partial charge is 0.480 e. The van der Waals surface area contributed by atoms with E-state index >= 15 is 0 Å². The Morgan fingerprint density at radius 2 is 2.00 bits per heavy atom. The van der Waals surface area contributed by atoms with Gasteiger partial charge in [0.1, 0.15) is 6.04 Å². The van der Waals surface area contributed by atoms with Gasteiger partial charge in [0.2, 0.25) is 0 Å². The van der Waals surface area contributed by atoms with Crippen LogP contribution in [0.1, 0.15) is 30.1 Å². The van der Waals surface area contributed by atoms with Crippen LogP contribution in [0, 0.1) is 0 Å². The molecule has 1 aromatic rings. The molecule has 0 aliphatic heterocycles. The van der Waals surface area contributed by atoms with Crippen LogP contribution in [-0.2, 0) is 14.6 Å². The molecule has 0 radical (unpaired) electrons. The molecule has 2 N–H and O–H groups in total. The van der Waals surface area contributed by atoms with E-state index in [4.69, 9.17) is 5.11 Å². The normalized spacial score (nSPS) is 12.4. The van der Waals surface area contributed by atoms with Gasteiger partial charge in [-0.05, 0) is 25.0 Å². The number of hydrogen-bond acceptors (Lipinski definition) is 4. The van der Waals surface area contributed by atoms with E-state index in [1.54, 1.807) is 6.08 Å². The van der Waals surface area contributed by atoms with E-state index in [1.807, 2.05) is 0 Å². The van der Waals surface area contributed by atoms with Crippen LogP contribution in [0.3, 0.4) is 0 Å². The highest BCUT2D eigenvalue weighted by Gasteiger charge is 2.24. The van der Waals surface area contributed by atoms with Crippen molar-refractivity contribution in [2.75, 3.05) is 5.75 Å². The molecule has 7 heteroatoms. The Hall–Kier alpha value is -2.15. The van der Waals surface area contributed by atoms with Crippen LogP contribution < -0.4 is 5.32 Å². The van der Waals surface area contributed by atoms with E-state index in [0.29, 0.717) is 6.42 Å². The average molecular weight is 325 g/mol. The molecule has 0 saturated heterocycles. The molecule has 0 fully saturated rings. The lowest BCUT2D eigenvalue weighted by molar-refractivity contribution is -0.139. The molecule has 0 spiro atoms. The number of hydrogen-bond donors (Lipinski definition) is 2. The van der Waals surface area contributed by atoms with Crippen molar-refractivity contribution >= 4 is 21.7 Å². The van der Waals surface area contributed by atoms with Gasteiger partial charge in [-0.3, -0.25) is 4.79 Å². The van der Waals surface area contributed by atoms with Crippen molar-refractivity contribution in [3.8, 4) is 0 Å². The van der Waals surface area contributed by atoms with Gasteiger partial charge in [-0.2, -0.15) is 0 Å². The lowest BCUT2D eigenvalue weighted by atomic mass is 10.1. The molecular formula is C15H19NO5S. The molecule has 0 aromatic heterocycles. The van der Waals surface area contributed by atoms with Crippen LogP contribution in [0.25, 0.3) is 0 Å². The van der Waals surface area contributed by atoms with Crippen molar-refractivity contribution in [1.82, 2.24) is 5.32 Å². The second-order valence-electron chi connectivity index (χ2n) is 4.63. The number of allylic oxidation sites excluding steroid dienone is 1. The van der Waals surface area contributed by atoms with Crippen LogP contribution in [0.15, 0.2) is 41.8 Å². The van der Waals surface area contributed by atoms with Gasteiger partial charge in [-0.25, -0.2) is 13.2 Å². The molecule has 0 heterocycles. The Balaban J connectivity index is 3.08. The highest BCUT2D eigenvalue weighted by molar-refractivity contribution is 7.91. The minimum atomic E-state index is -3.57. The fourth-order valence-electron chi connectivity index (χ4n) is 1.86. The number of benzene rings is 1. The van der Waals surface area contributed by atoms with Gasteiger partial charge in [0, 0.05) is 0 Å². The maximum absolute atomic E-state index is 12.2. The third-order valence-electron chi connectivity index (χ3n) is 3.11. The van der Waals surface area contributed by atoms with Crippen LogP contribution in [-0.4, -0.2) is 37.2 Å². The van der Waals surface area contributed by atoms with Crippen LogP contribution >= 0.6 is 0 Å². The maximum Gasteiger partial charge on any atom is 0.326 e. The molecule has 22 heavy (non-hydrogen) atoms. The summed E-state index contributed by atoms with van der Waals surface area (Å²) >= 11 is 0. The zero-order chi connectivity index (χ0) is 16.8. The lowest BCUT2D eigenvalue weighted by Crippen LogP contribution is -2.41. The zero-order valence-electron chi connectivity index (χ0n) is 12.3. The van der Waals surface area contributed by atoms with Gasteiger partial charge in [0.15, 0.2) is 9.84 Å². The number of carbonyl (C=O) groups is 2. The Labute approximate surface area is 129 Å². The van der Waals surface area contributed by atoms with Crippen LogP contribution in [0.5, 0.6) is 0 Å². The SMILES string of the molecule is C=CCCC(NC(=O)c1ccccc1S(=O)(=O)CC)C(=O)O. The predicted molar refractivity (Wildman–Crippen MR) is 82.5 cm³/mol. The second kappa shape index (κ2) is 7.74. The molecule has 0 aliphatic carbocycles. The molecular weight excluding hydrogens is 306 g/mol. The minimum Gasteiger partial charge on any atom is -0.480 e. The molecule has 1 amide bonds. The third kappa shape index (κ3) is 4.42. The molecule has 1 unspecified atom stereocenters. The summed E-state index contributed by atoms with van der Waals surface area (Å²) in [6.07, 6.45) is 2.16. The summed E-state index contributed by atoms with van der Waals surface area (Å²) in [5.74, 6) is -2.04. The first kappa shape index (κ1) is 17.9. The number of rotatable bonds is 8. The molecule has 6 nitrogen and oxygen atoms in total. The average Bonchev–Trinajstić information content (AvgIpc) is 2.50. The molecule has 120 valence electrons. The predicted octanol–water partition coefficient (Wildman–Crippen LogP) is 1.63. The van der Waals surface area contributed by atoms with Crippen molar-refractivity contribution in [2.45, 2.75) is 30.7 Å². The standard InChI is InChI=1S/C15H19NO5S/c1-3-5-9-12(15(18)19)16-14(17)11-8-6-7-10-13(11)22(20,21)4-2/h3,6-8,10,12H,1,4-5,9H2,2H3,(H,16,17)(H,18,19). The summed E-state index contributed by atoms with van der Waals surface area (Å²) in [5.41, 5.74) is -0.0470. The zero-order valence-corrected chi connectivity index (χ0v) is 13.1. The van der Waals surface area contributed by atoms with Gasteiger partial charge in [0.05, 0.1) is 16.2 Å². The number of carboxylic acids is 1. The van der Waals surface area contributed by atoms with Crippen molar-refractivity contribution in [2.24, 2.45) is 0 Å².